The molecule has 0 saturated carbocycles. The van der Waals surface area contributed by atoms with Crippen molar-refractivity contribution >= 4 is 190 Å². The van der Waals surface area contributed by atoms with Crippen molar-refractivity contribution in [2.24, 2.45) is 0 Å². The maximum Gasteiger partial charge on any atom is 0.266 e. The maximum atomic E-state index is 16.2. The Labute approximate surface area is 850 Å². The number of nitrogens with zero attached hydrogens (tertiary/aromatic N) is 2. The van der Waals surface area contributed by atoms with Crippen LogP contribution in [-0.2, 0) is 21.7 Å². The minimum Gasteiger partial charge on any atom is -0.457 e. The van der Waals surface area contributed by atoms with Crippen molar-refractivity contribution in [3.05, 3.63) is 366 Å². The molecule has 20 aromatic rings. The molecule has 23 rings (SSSR count). The quantitative estimate of drug-likeness (QED) is 0.0534. The molecule has 0 radical (unpaired) electrons. The monoisotopic (exact) mass is 1920 g/mol. The lowest BCUT2D eigenvalue weighted by molar-refractivity contribution is 0.0877. The summed E-state index contributed by atoms with van der Waals surface area (Å²) in [5.74, 6) is 2.39. The van der Waals surface area contributed by atoms with E-state index in [-0.39, 0.29) is 45.3 Å². The number of carbonyl (C=O) groups excluding carboxylic acids is 4. The molecule has 2 heterocycles. The highest BCUT2D eigenvalue weighted by Gasteiger charge is 2.44. The van der Waals surface area contributed by atoms with Crippen molar-refractivity contribution in [3.8, 4) is 68.2 Å². The molecule has 0 unspecified atom stereocenters. The summed E-state index contributed by atoms with van der Waals surface area (Å²) in [6.45, 7) is 43.1. The number of ether oxygens (including phenoxy) is 4. The molecule has 2 aliphatic heterocycles. The van der Waals surface area contributed by atoms with Crippen LogP contribution in [0.5, 0.6) is 46.0 Å². The molecule has 10 nitrogen and oxygen atoms in total. The maximum absolute atomic E-state index is 16.2. The minimum absolute atomic E-state index is 0.0224. The summed E-state index contributed by atoms with van der Waals surface area (Å²) in [7, 11) is 0. The van der Waals surface area contributed by atoms with Gasteiger partial charge in [-0.05, 0) is 309 Å². The molecular weight excluding hydrogens is 1810 g/mol. The van der Waals surface area contributed by atoms with Crippen LogP contribution in [0.2, 0.25) is 10.0 Å². The van der Waals surface area contributed by atoms with E-state index < -0.39 is 23.6 Å². The fraction of sp³-hybridized carbons (Fsp3) is 0.212. The molecule has 3 aliphatic rings. The Kier molecular flexibility index (Phi) is 21.8. The van der Waals surface area contributed by atoms with Crippen molar-refractivity contribution < 1.29 is 38.1 Å². The number of hydrogen-bond acceptors (Lipinski definition) is 8. The Bertz CT molecular complexity index is 8160. The number of hydrogen-bond donors (Lipinski definition) is 0. The number of anilines is 2. The lowest BCUT2D eigenvalue weighted by Gasteiger charge is -2.33. The average molecular weight is 1930 g/mol. The van der Waals surface area contributed by atoms with E-state index in [1.54, 1.807) is 0 Å². The van der Waals surface area contributed by atoms with Crippen LogP contribution in [0.15, 0.2) is 267 Å². The van der Waals surface area contributed by atoms with Crippen LogP contribution in [0, 0.1) is 0 Å². The zero-order valence-electron chi connectivity index (χ0n) is 84.9. The molecule has 1 aliphatic carbocycles. The molecule has 4 amide bonds. The van der Waals surface area contributed by atoms with Crippen LogP contribution >= 0.6 is 23.2 Å². The van der Waals surface area contributed by atoms with Crippen molar-refractivity contribution in [2.45, 2.75) is 184 Å². The summed E-state index contributed by atoms with van der Waals surface area (Å²) in [4.78, 5) is 67.7. The molecule has 20 aromatic carbocycles. The van der Waals surface area contributed by atoms with Gasteiger partial charge in [0.15, 0.2) is 0 Å². The molecule has 0 aromatic heterocycles. The van der Waals surface area contributed by atoms with Gasteiger partial charge >= 0.3 is 0 Å². The fourth-order valence-corrected chi connectivity index (χ4v) is 23.2. The topological polar surface area (TPSA) is 112 Å². The third kappa shape index (κ3) is 15.2. The first-order chi connectivity index (χ1) is 68.7. The van der Waals surface area contributed by atoms with Gasteiger partial charge in [0.25, 0.3) is 23.6 Å². The van der Waals surface area contributed by atoms with E-state index in [1.807, 2.05) is 109 Å². The predicted molar refractivity (Wildman–Crippen MR) is 601 cm³/mol. The van der Waals surface area contributed by atoms with E-state index in [2.05, 4.69) is 321 Å². The van der Waals surface area contributed by atoms with Gasteiger partial charge in [-0.25, -0.2) is 9.80 Å². The van der Waals surface area contributed by atoms with Crippen LogP contribution in [-0.4, -0.2) is 23.6 Å². The van der Waals surface area contributed by atoms with Gasteiger partial charge in [0.1, 0.15) is 46.0 Å². The number of rotatable bonds is 16. The Morgan fingerprint density at radius 3 is 0.715 bits per heavy atom. The zero-order chi connectivity index (χ0) is 101. The number of para-hydroxylation sites is 2. The number of carbonyl (C=O) groups is 4. The second-order valence-corrected chi connectivity index (χ2v) is 45.9. The van der Waals surface area contributed by atoms with Crippen LogP contribution < -0.4 is 28.7 Å². The normalized spacial score (nSPS) is 13.9. The minimum atomic E-state index is -0.428. The summed E-state index contributed by atoms with van der Waals surface area (Å²) >= 11 is 15.6. The largest absolute Gasteiger partial charge is 0.457 e. The van der Waals surface area contributed by atoms with Gasteiger partial charge in [-0.1, -0.05) is 332 Å². The second-order valence-electron chi connectivity index (χ2n) is 45.0. The van der Waals surface area contributed by atoms with Gasteiger partial charge in [-0.2, -0.15) is 0 Å². The van der Waals surface area contributed by atoms with Crippen molar-refractivity contribution in [1.29, 1.82) is 0 Å². The van der Waals surface area contributed by atoms with E-state index in [1.165, 1.54) is 9.80 Å². The molecule has 0 atom stereocenters. The van der Waals surface area contributed by atoms with Gasteiger partial charge in [0.2, 0.25) is 0 Å². The molecule has 0 spiro atoms. The molecule has 0 N–H and O–H groups in total. The predicted octanol–water partition coefficient (Wildman–Crippen LogP) is 37.8. The van der Waals surface area contributed by atoms with Crippen LogP contribution in [0.4, 0.5) is 11.4 Å². The second kappa shape index (κ2) is 33.9. The Balaban J connectivity index is 0.651. The van der Waals surface area contributed by atoms with E-state index in [9.17, 15) is 0 Å². The number of benzene rings is 20. The zero-order valence-corrected chi connectivity index (χ0v) is 86.5. The summed E-state index contributed by atoms with van der Waals surface area (Å²) in [6.07, 6.45) is 8.80. The van der Waals surface area contributed by atoms with Crippen LogP contribution in [0.1, 0.15) is 270 Å². The first-order valence-corrected chi connectivity index (χ1v) is 51.0. The van der Waals surface area contributed by atoms with Crippen molar-refractivity contribution in [2.75, 3.05) is 9.80 Å². The van der Waals surface area contributed by atoms with Gasteiger partial charge in [0, 0.05) is 64.3 Å². The van der Waals surface area contributed by atoms with Crippen LogP contribution in [0.3, 0.4) is 0 Å². The average Bonchev–Trinajstić information content (AvgIpc) is 0.684. The Hall–Kier alpha value is -14.9. The van der Waals surface area contributed by atoms with E-state index in [0.717, 1.165) is 175 Å². The first-order valence-electron chi connectivity index (χ1n) is 50.3. The van der Waals surface area contributed by atoms with Crippen molar-refractivity contribution in [1.82, 2.24) is 0 Å². The molecular formula is C132H112Cl2N2O8. The molecule has 0 saturated heterocycles. The van der Waals surface area contributed by atoms with Gasteiger partial charge in [0.05, 0.1) is 33.6 Å². The smallest absolute Gasteiger partial charge is 0.266 e. The van der Waals surface area contributed by atoms with E-state index in [0.29, 0.717) is 111 Å². The van der Waals surface area contributed by atoms with E-state index in [4.69, 9.17) is 42.1 Å². The molecule has 0 fully saturated rings. The highest BCUT2D eigenvalue weighted by atomic mass is 35.5. The number of imide groups is 2. The lowest BCUT2D eigenvalue weighted by Crippen LogP contribution is -2.42. The highest BCUT2D eigenvalue weighted by Crippen LogP contribution is 2.59. The lowest BCUT2D eigenvalue weighted by atomic mass is 9.82. The summed E-state index contributed by atoms with van der Waals surface area (Å²) in [5.41, 5.74) is 17.9. The number of fused-ring (bicyclic) bond motifs is 8. The molecule has 712 valence electrons. The summed E-state index contributed by atoms with van der Waals surface area (Å²) < 4.78 is 29.3. The molecule has 0 bridgehead atoms. The number of halogens is 2. The standard InChI is InChI=1S/C132H112Cl2N2O8/c1-69(2)89-25-21-26-90(70(3)4)123(89)135-125(137)103-65-109(141-85-45-37-81(38-46-85)129(9,10)11)117-97-31-23-29-95-93(53-55-99(113(95)97)119-111(67-105(127(135)139)115(103)121(117)119)143-87-49-41-83(42-50-87)131(15,16)17)101-61-77-57-73-33-35-76-60-80-64-108(134)102(62-78(80)58-74(76)34-36-75(73)59-79(77)63-107(101)133)94-54-56-100-114-96(94)30-24-32-98(114)118-110(142-86-47-39-82(40-48-86)130(12,13)14)66-104-116-106(68-112(120(100)122(116)118)144-88-51-43-84(44-52-88)132(18,19)20)128(140)136(126(104)138)124-91(71(5)6)27-22-28-92(124)72(7)8/h21-72H,1-20H3/b35-33+,36-34?,73-33?,74-34?,75-36?,76-35?. The van der Waals surface area contributed by atoms with E-state index >= 15 is 19.2 Å². The third-order valence-electron chi connectivity index (χ3n) is 30.2. The van der Waals surface area contributed by atoms with Gasteiger partial charge in [-0.3, -0.25) is 19.2 Å². The summed E-state index contributed by atoms with van der Waals surface area (Å²) in [6, 6.07) is 91.4. The summed E-state index contributed by atoms with van der Waals surface area (Å²) in [5, 5.41) is 17.7. The third-order valence-corrected chi connectivity index (χ3v) is 30.8. The molecule has 12 heteroatoms. The SMILES string of the molecule is CC(C)c1cccc(C(C)C)c1N1C(=O)c2cc(Oc3ccc(C(C)(C)C)cc3)c3c4cccc5c(-c6cc7cc8c(cc7cc6Cl)/C=C/c6cc7cc(-c9ccc%10c%11c(Oc%12ccc(C(C)(C)C)cc%12)cc%12c%13c(cc(Oc%14ccc(C(C)(C)C)cc%14)c(c%14cccc9c%14%10)c%13%11)C(=O)N(c9c(C(C)C)cccc9C(C)C)C%12=O)c(Cl)cc7cc6C=C8)ccc(c6c(Oc7ccc(C(C)(C)C)cc7)cc(c2c36)C1=O)c54. The van der Waals surface area contributed by atoms with Crippen LogP contribution in [0.25, 0.3) is 154 Å². The number of amides is 4. The Morgan fingerprint density at radius 1 is 0.229 bits per heavy atom. The molecule has 144 heavy (non-hydrogen) atoms. The van der Waals surface area contributed by atoms with Crippen molar-refractivity contribution in [3.63, 3.8) is 0 Å². The fourth-order valence-electron chi connectivity index (χ4n) is 22.6. The van der Waals surface area contributed by atoms with Gasteiger partial charge in [-0.15, -0.1) is 0 Å². The first kappa shape index (κ1) is 92.8. The highest BCUT2D eigenvalue weighted by molar-refractivity contribution is 6.47. The Morgan fingerprint density at radius 2 is 0.465 bits per heavy atom. The van der Waals surface area contributed by atoms with Gasteiger partial charge < -0.3 is 18.9 Å².